The summed E-state index contributed by atoms with van der Waals surface area (Å²) in [6.07, 6.45) is 11.6. The van der Waals surface area contributed by atoms with Crippen molar-refractivity contribution >= 4 is 45.2 Å². The summed E-state index contributed by atoms with van der Waals surface area (Å²) in [5, 5.41) is 13.6. The van der Waals surface area contributed by atoms with E-state index in [1.165, 1.54) is 25.7 Å². The zero-order chi connectivity index (χ0) is 34.1. The molecule has 258 valence electrons. The minimum absolute atomic E-state index is 0.342. The monoisotopic (exact) mass is 660 g/mol. The fourth-order valence-corrected chi connectivity index (χ4v) is 5.66. The summed E-state index contributed by atoms with van der Waals surface area (Å²) in [6, 6.07) is 10.8. The van der Waals surface area contributed by atoms with Gasteiger partial charge in [-0.05, 0) is 64.0 Å². The number of nitrogens with one attached hydrogen (secondary N) is 6. The lowest BCUT2D eigenvalue weighted by Crippen LogP contribution is -2.33. The van der Waals surface area contributed by atoms with E-state index in [9.17, 15) is 19.2 Å². The van der Waals surface area contributed by atoms with E-state index in [2.05, 4.69) is 31.2 Å². The van der Waals surface area contributed by atoms with Crippen LogP contribution < -0.4 is 30.7 Å². The summed E-state index contributed by atoms with van der Waals surface area (Å²) in [5.41, 5.74) is 2.08. The second-order valence-corrected chi connectivity index (χ2v) is 11.7. The molecule has 12 heteroatoms. The van der Waals surface area contributed by atoms with Gasteiger partial charge in [-0.1, -0.05) is 49.9 Å². The molecule has 4 rings (SSSR count). The molecule has 0 saturated carbocycles. The van der Waals surface area contributed by atoms with Crippen LogP contribution in [0.1, 0.15) is 72.1 Å². The van der Waals surface area contributed by atoms with E-state index < -0.39 is 23.4 Å². The quantitative estimate of drug-likeness (QED) is 0.0390. The van der Waals surface area contributed by atoms with Crippen molar-refractivity contribution in [3.63, 3.8) is 0 Å². The second kappa shape index (κ2) is 19.2. The highest BCUT2D eigenvalue weighted by Crippen LogP contribution is 2.28. The Hall–Kier alpha value is -4.68. The first kappa shape index (κ1) is 36.2. The van der Waals surface area contributed by atoms with E-state index >= 15 is 0 Å². The Morgan fingerprint density at radius 2 is 0.938 bits per heavy atom. The lowest BCUT2D eigenvalue weighted by molar-refractivity contribution is -0.117. The number of carbonyl (C=O) groups excluding carboxylic acids is 4. The number of H-pyrrole nitrogens is 2. The number of benzene rings is 2. The van der Waals surface area contributed by atoms with Crippen LogP contribution in [0.4, 0.5) is 0 Å². The first-order chi connectivity index (χ1) is 23.5. The van der Waals surface area contributed by atoms with Crippen molar-refractivity contribution in [2.45, 2.75) is 51.4 Å². The number of ketones is 2. The summed E-state index contributed by atoms with van der Waals surface area (Å²) < 4.78 is 10.6. The van der Waals surface area contributed by atoms with Crippen LogP contribution >= 0.6 is 0 Å². The average molecular weight is 661 g/mol. The van der Waals surface area contributed by atoms with Crippen LogP contribution in [0.15, 0.2) is 48.8 Å². The molecular weight excluding hydrogens is 612 g/mol. The maximum atomic E-state index is 12.6. The molecule has 2 amide bonds. The van der Waals surface area contributed by atoms with Gasteiger partial charge in [0.1, 0.15) is 11.5 Å². The van der Waals surface area contributed by atoms with Gasteiger partial charge in [0.15, 0.2) is 0 Å². The molecule has 2 aromatic heterocycles. The van der Waals surface area contributed by atoms with Gasteiger partial charge in [-0.3, -0.25) is 19.2 Å². The molecule has 0 aliphatic rings. The zero-order valence-corrected chi connectivity index (χ0v) is 28.0. The minimum Gasteiger partial charge on any atom is -0.495 e. The maximum Gasteiger partial charge on any atom is 0.292 e. The van der Waals surface area contributed by atoms with Crippen molar-refractivity contribution in [3.05, 3.63) is 59.9 Å². The number of rotatable bonds is 23. The van der Waals surface area contributed by atoms with Gasteiger partial charge >= 0.3 is 0 Å². The van der Waals surface area contributed by atoms with Crippen molar-refractivity contribution in [1.29, 1.82) is 0 Å². The molecule has 2 aromatic carbocycles. The number of para-hydroxylation sites is 2. The molecule has 0 saturated heterocycles. The predicted octanol–water partition coefficient (Wildman–Crippen LogP) is 4.26. The zero-order valence-electron chi connectivity index (χ0n) is 28.0. The molecule has 0 fully saturated rings. The number of aromatic nitrogens is 2. The van der Waals surface area contributed by atoms with Crippen LogP contribution in [0.5, 0.6) is 11.5 Å². The van der Waals surface area contributed by atoms with E-state index in [1.54, 1.807) is 63.0 Å². The highest BCUT2D eigenvalue weighted by atomic mass is 16.5. The minimum atomic E-state index is -0.601. The molecule has 0 aliphatic carbocycles. The van der Waals surface area contributed by atoms with Crippen molar-refractivity contribution in [3.8, 4) is 11.5 Å². The van der Waals surface area contributed by atoms with Gasteiger partial charge in [-0.15, -0.1) is 0 Å². The number of carbonyl (C=O) groups is 4. The number of fused-ring (bicyclic) bond motifs is 2. The van der Waals surface area contributed by atoms with Gasteiger partial charge in [0, 0.05) is 36.3 Å². The number of ether oxygens (including phenoxy) is 2. The van der Waals surface area contributed by atoms with Gasteiger partial charge in [0.05, 0.1) is 36.4 Å². The SMILES string of the molecule is COc1cccc2c(C(=O)C(=O)NCCCNCCCCCCCCNCCCNC(=O)C(=O)c3c[nH]c4c(OC)cccc34)c[nH]c12. The Morgan fingerprint density at radius 1 is 0.542 bits per heavy atom. The maximum absolute atomic E-state index is 12.6. The number of methoxy groups -OCH3 is 2. The first-order valence-corrected chi connectivity index (χ1v) is 16.8. The highest BCUT2D eigenvalue weighted by Gasteiger charge is 2.21. The van der Waals surface area contributed by atoms with Gasteiger partial charge < -0.3 is 40.7 Å². The normalized spacial score (nSPS) is 11.1. The van der Waals surface area contributed by atoms with Gasteiger partial charge in [0.25, 0.3) is 23.4 Å². The van der Waals surface area contributed by atoms with Gasteiger partial charge in [0.2, 0.25) is 0 Å². The summed E-state index contributed by atoms with van der Waals surface area (Å²) >= 11 is 0. The molecule has 2 heterocycles. The number of hydrogen-bond acceptors (Lipinski definition) is 8. The lowest BCUT2D eigenvalue weighted by atomic mass is 10.1. The van der Waals surface area contributed by atoms with Crippen LogP contribution in [0.3, 0.4) is 0 Å². The fraction of sp³-hybridized carbons (Fsp3) is 0.444. The third kappa shape index (κ3) is 9.91. The van der Waals surface area contributed by atoms with Crippen molar-refractivity contribution in [2.24, 2.45) is 0 Å². The Kier molecular flexibility index (Phi) is 14.5. The van der Waals surface area contributed by atoms with Crippen LogP contribution in [-0.4, -0.2) is 86.8 Å². The van der Waals surface area contributed by atoms with Crippen LogP contribution in [0.2, 0.25) is 0 Å². The van der Waals surface area contributed by atoms with Gasteiger partial charge in [-0.2, -0.15) is 0 Å². The van der Waals surface area contributed by atoms with Crippen LogP contribution in [-0.2, 0) is 9.59 Å². The summed E-state index contributed by atoms with van der Waals surface area (Å²) in [7, 11) is 3.13. The fourth-order valence-electron chi connectivity index (χ4n) is 5.66. The lowest BCUT2D eigenvalue weighted by Gasteiger charge is -2.07. The highest BCUT2D eigenvalue weighted by molar-refractivity contribution is 6.45. The largest absolute Gasteiger partial charge is 0.495 e. The number of unbranched alkanes of at least 4 members (excludes halogenated alkanes) is 5. The molecule has 12 nitrogen and oxygen atoms in total. The number of aromatic amines is 2. The Balaban J connectivity index is 0.924. The topological polar surface area (TPSA) is 166 Å². The average Bonchev–Trinajstić information content (AvgIpc) is 3.75. The van der Waals surface area contributed by atoms with E-state index in [0.717, 1.165) is 51.9 Å². The van der Waals surface area contributed by atoms with E-state index in [0.29, 0.717) is 57.5 Å². The van der Waals surface area contributed by atoms with E-state index in [4.69, 9.17) is 9.47 Å². The Labute approximate surface area is 281 Å². The van der Waals surface area contributed by atoms with E-state index in [1.807, 2.05) is 0 Å². The molecule has 4 aromatic rings. The smallest absolute Gasteiger partial charge is 0.292 e. The van der Waals surface area contributed by atoms with Gasteiger partial charge in [-0.25, -0.2) is 0 Å². The predicted molar refractivity (Wildman–Crippen MR) is 187 cm³/mol. The Morgan fingerprint density at radius 3 is 1.35 bits per heavy atom. The summed E-state index contributed by atoms with van der Waals surface area (Å²) in [4.78, 5) is 56.0. The first-order valence-electron chi connectivity index (χ1n) is 16.8. The molecule has 0 atom stereocenters. The molecule has 0 bridgehead atoms. The third-order valence-corrected chi connectivity index (χ3v) is 8.28. The third-order valence-electron chi connectivity index (χ3n) is 8.28. The van der Waals surface area contributed by atoms with Crippen molar-refractivity contribution in [2.75, 3.05) is 53.5 Å². The number of amides is 2. The molecule has 6 N–H and O–H groups in total. The molecule has 0 spiro atoms. The Bertz CT molecular complexity index is 1540. The number of hydrogen-bond donors (Lipinski definition) is 6. The van der Waals surface area contributed by atoms with Crippen LogP contribution in [0.25, 0.3) is 21.8 Å². The molecule has 0 radical (unpaired) electrons. The standard InChI is InChI=1S/C36H48N6O6/c1-47-29-15-9-13-25-27(23-41-31(25)29)33(43)35(45)39-21-11-19-37-17-7-5-3-4-6-8-18-38-20-12-22-40-36(46)34(44)28-24-42-32-26(28)14-10-16-30(32)48-2/h9-10,13-16,23-24,37-38,41-42H,3-8,11-12,17-22H2,1-2H3,(H,39,45)(H,40,46). The summed E-state index contributed by atoms with van der Waals surface area (Å²) in [6.45, 7) is 4.31. The summed E-state index contributed by atoms with van der Waals surface area (Å²) in [5.74, 6) is -1.07. The molecular formula is C36H48N6O6. The molecule has 0 aliphatic heterocycles. The van der Waals surface area contributed by atoms with Crippen molar-refractivity contribution < 1.29 is 28.7 Å². The number of Topliss-reactive ketones (excluding diaryl/α,β-unsaturated/α-hetero) is 2. The molecule has 0 unspecified atom stereocenters. The molecule has 48 heavy (non-hydrogen) atoms. The van der Waals surface area contributed by atoms with E-state index in [-0.39, 0.29) is 0 Å². The second-order valence-electron chi connectivity index (χ2n) is 11.7. The van der Waals surface area contributed by atoms with Crippen molar-refractivity contribution in [1.82, 2.24) is 31.2 Å². The van der Waals surface area contributed by atoms with Crippen LogP contribution in [0, 0.1) is 0 Å².